The molecule has 4 rings (SSSR count). The highest BCUT2D eigenvalue weighted by atomic mass is 35.5. The number of nitrogens with zero attached hydrogens (tertiary/aromatic N) is 3. The number of amides is 1. The van der Waals surface area contributed by atoms with Gasteiger partial charge in [0.05, 0.1) is 22.9 Å². The number of fused-ring (bicyclic) bond motifs is 1. The highest BCUT2D eigenvalue weighted by Gasteiger charge is 2.66. The van der Waals surface area contributed by atoms with Gasteiger partial charge in [-0.1, -0.05) is 45.4 Å². The van der Waals surface area contributed by atoms with E-state index in [4.69, 9.17) is 22.9 Å². The Morgan fingerprint density at radius 1 is 1.24 bits per heavy atom. The van der Waals surface area contributed by atoms with Crippen LogP contribution in [0, 0.1) is 17.4 Å². The monoisotopic (exact) mass is 409 g/mol. The topological polar surface area (TPSA) is 46.8 Å². The molecule has 1 aliphatic heterocycles. The summed E-state index contributed by atoms with van der Waals surface area (Å²) < 4.78 is 6.35. The van der Waals surface area contributed by atoms with E-state index in [0.29, 0.717) is 28.6 Å². The van der Waals surface area contributed by atoms with Crippen molar-refractivity contribution in [1.82, 2.24) is 9.88 Å². The molecule has 1 amide bonds. The van der Waals surface area contributed by atoms with Crippen molar-refractivity contribution in [3.63, 3.8) is 0 Å². The molecule has 1 aromatic heterocycles. The Bertz CT molecular complexity index is 1010. The van der Waals surface area contributed by atoms with Gasteiger partial charge in [-0.3, -0.25) is 9.78 Å². The zero-order valence-corrected chi connectivity index (χ0v) is 17.8. The Labute approximate surface area is 176 Å². The minimum absolute atomic E-state index is 0.0406. The SMILES string of the molecule is [C-]#[N+]c1ccc(OC2C(C)(C)C(N3CCc4ncccc4C3=O)C2(C)C)cc1Cl. The second kappa shape index (κ2) is 6.74. The number of aromatic nitrogens is 1. The number of hydrogen-bond donors (Lipinski definition) is 0. The zero-order valence-electron chi connectivity index (χ0n) is 17.1. The van der Waals surface area contributed by atoms with Crippen molar-refractivity contribution in [3.8, 4) is 5.75 Å². The molecule has 5 nitrogen and oxygen atoms in total. The lowest BCUT2D eigenvalue weighted by molar-refractivity contribution is -0.199. The molecule has 2 aliphatic rings. The molecular formula is C23H24ClN3O2. The first-order chi connectivity index (χ1) is 13.7. The van der Waals surface area contributed by atoms with Gasteiger partial charge in [0.2, 0.25) is 5.69 Å². The van der Waals surface area contributed by atoms with Crippen LogP contribution in [-0.2, 0) is 6.42 Å². The Morgan fingerprint density at radius 2 is 1.97 bits per heavy atom. The van der Waals surface area contributed by atoms with Gasteiger partial charge < -0.3 is 9.64 Å². The van der Waals surface area contributed by atoms with E-state index in [1.165, 1.54) is 0 Å². The van der Waals surface area contributed by atoms with Crippen LogP contribution in [-0.4, -0.2) is 34.5 Å². The molecule has 29 heavy (non-hydrogen) atoms. The molecule has 6 heteroatoms. The smallest absolute Gasteiger partial charge is 0.256 e. The van der Waals surface area contributed by atoms with E-state index in [1.807, 2.05) is 17.0 Å². The van der Waals surface area contributed by atoms with E-state index in [1.54, 1.807) is 24.4 Å². The third-order valence-electron chi connectivity index (χ3n) is 6.34. The minimum atomic E-state index is -0.246. The molecule has 0 unspecified atom stereocenters. The first-order valence-electron chi connectivity index (χ1n) is 9.76. The van der Waals surface area contributed by atoms with Gasteiger partial charge in [-0.25, -0.2) is 4.85 Å². The maximum atomic E-state index is 13.2. The van der Waals surface area contributed by atoms with Gasteiger partial charge in [0.1, 0.15) is 11.9 Å². The van der Waals surface area contributed by atoms with Crippen molar-refractivity contribution in [2.24, 2.45) is 10.8 Å². The molecule has 1 aromatic carbocycles. The first-order valence-corrected chi connectivity index (χ1v) is 10.1. The largest absolute Gasteiger partial charge is 0.489 e. The van der Waals surface area contributed by atoms with Crippen LogP contribution >= 0.6 is 11.6 Å². The van der Waals surface area contributed by atoms with Gasteiger partial charge >= 0.3 is 0 Å². The summed E-state index contributed by atoms with van der Waals surface area (Å²) in [6.07, 6.45) is 2.41. The van der Waals surface area contributed by atoms with Gasteiger partial charge in [-0.05, 0) is 24.3 Å². The van der Waals surface area contributed by atoms with Crippen LogP contribution in [0.5, 0.6) is 5.75 Å². The molecule has 2 aromatic rings. The Hall–Kier alpha value is -2.58. The number of hydrogen-bond acceptors (Lipinski definition) is 3. The summed E-state index contributed by atoms with van der Waals surface area (Å²) in [5.74, 6) is 0.694. The Balaban J connectivity index is 1.60. The first kappa shape index (κ1) is 19.7. The molecule has 0 bridgehead atoms. The van der Waals surface area contributed by atoms with Crippen LogP contribution in [0.25, 0.3) is 4.85 Å². The Morgan fingerprint density at radius 3 is 2.62 bits per heavy atom. The highest BCUT2D eigenvalue weighted by molar-refractivity contribution is 6.33. The molecule has 150 valence electrons. The van der Waals surface area contributed by atoms with Crippen LogP contribution in [0.4, 0.5) is 5.69 Å². The average Bonchev–Trinajstić information content (AvgIpc) is 2.68. The fourth-order valence-electron chi connectivity index (χ4n) is 5.56. The molecule has 0 spiro atoms. The van der Waals surface area contributed by atoms with E-state index in [9.17, 15) is 4.79 Å². The van der Waals surface area contributed by atoms with Crippen LogP contribution in [0.1, 0.15) is 43.7 Å². The predicted molar refractivity (Wildman–Crippen MR) is 112 cm³/mol. The number of benzene rings is 1. The van der Waals surface area contributed by atoms with E-state index >= 15 is 0 Å². The van der Waals surface area contributed by atoms with E-state index < -0.39 is 0 Å². The third kappa shape index (κ3) is 2.98. The van der Waals surface area contributed by atoms with Crippen molar-refractivity contribution in [3.05, 3.63) is 64.2 Å². The summed E-state index contributed by atoms with van der Waals surface area (Å²) in [6.45, 7) is 16.4. The zero-order chi connectivity index (χ0) is 21.0. The van der Waals surface area contributed by atoms with Crippen LogP contribution in [0.15, 0.2) is 36.5 Å². The molecule has 0 saturated heterocycles. The van der Waals surface area contributed by atoms with Gasteiger partial charge in [0, 0.05) is 36.0 Å². The van der Waals surface area contributed by atoms with Crippen molar-refractivity contribution < 1.29 is 9.53 Å². The standard InChI is InChI=1S/C23H24ClN3O2/c1-22(2)20(27-12-10-17-15(19(27)28)7-6-11-26-17)23(3,4)21(22)29-14-8-9-18(25-5)16(24)13-14/h6-9,11,13,20-21H,10,12H2,1-4H3. The van der Waals surface area contributed by atoms with E-state index in [-0.39, 0.29) is 28.9 Å². The van der Waals surface area contributed by atoms with Gasteiger partial charge in [0.25, 0.3) is 5.91 Å². The predicted octanol–water partition coefficient (Wildman–Crippen LogP) is 5.17. The van der Waals surface area contributed by atoms with Crippen molar-refractivity contribution in [2.45, 2.75) is 46.3 Å². The second-order valence-corrected chi connectivity index (χ2v) is 9.42. The normalized spacial score (nSPS) is 24.3. The molecule has 1 fully saturated rings. The summed E-state index contributed by atoms with van der Waals surface area (Å²) >= 11 is 6.18. The molecule has 0 N–H and O–H groups in total. The lowest BCUT2D eigenvalue weighted by atomic mass is 9.48. The molecular weight excluding hydrogens is 386 g/mol. The van der Waals surface area contributed by atoms with Crippen LogP contribution < -0.4 is 4.74 Å². The highest BCUT2D eigenvalue weighted by Crippen LogP contribution is 2.58. The average molecular weight is 410 g/mol. The van der Waals surface area contributed by atoms with Gasteiger partial charge in [-0.15, -0.1) is 0 Å². The van der Waals surface area contributed by atoms with Crippen molar-refractivity contribution in [1.29, 1.82) is 0 Å². The van der Waals surface area contributed by atoms with E-state index in [0.717, 1.165) is 12.1 Å². The fraction of sp³-hybridized carbons (Fsp3) is 0.435. The lowest BCUT2D eigenvalue weighted by Gasteiger charge is -2.66. The molecule has 0 atom stereocenters. The minimum Gasteiger partial charge on any atom is -0.489 e. The van der Waals surface area contributed by atoms with Crippen molar-refractivity contribution >= 4 is 23.2 Å². The molecule has 1 saturated carbocycles. The van der Waals surface area contributed by atoms with E-state index in [2.05, 4.69) is 37.5 Å². The lowest BCUT2D eigenvalue weighted by Crippen LogP contribution is -2.75. The molecule has 0 radical (unpaired) electrons. The summed E-state index contributed by atoms with van der Waals surface area (Å²) in [5, 5.41) is 0.388. The number of halogens is 1. The number of carbonyl (C=O) groups excluding carboxylic acids is 1. The number of pyridine rings is 1. The Kier molecular flexibility index (Phi) is 4.59. The summed E-state index contributed by atoms with van der Waals surface area (Å²) in [4.78, 5) is 23.0. The summed E-state index contributed by atoms with van der Waals surface area (Å²) in [5.41, 5.74) is 1.51. The second-order valence-electron chi connectivity index (χ2n) is 9.01. The van der Waals surface area contributed by atoms with Crippen molar-refractivity contribution in [2.75, 3.05) is 6.54 Å². The van der Waals surface area contributed by atoms with Gasteiger partial charge in [-0.2, -0.15) is 0 Å². The third-order valence-corrected chi connectivity index (χ3v) is 6.64. The van der Waals surface area contributed by atoms with Crippen LogP contribution in [0.3, 0.4) is 0 Å². The molecule has 2 heterocycles. The number of carbonyl (C=O) groups is 1. The quantitative estimate of drug-likeness (QED) is 0.657. The van der Waals surface area contributed by atoms with Crippen LogP contribution in [0.2, 0.25) is 5.02 Å². The maximum Gasteiger partial charge on any atom is 0.256 e. The summed E-state index contributed by atoms with van der Waals surface area (Å²) in [6, 6.07) is 8.89. The van der Waals surface area contributed by atoms with Gasteiger partial charge in [0.15, 0.2) is 0 Å². The fourth-order valence-corrected chi connectivity index (χ4v) is 5.78. The molecule has 1 aliphatic carbocycles. The summed E-state index contributed by atoms with van der Waals surface area (Å²) in [7, 11) is 0. The number of rotatable bonds is 3. The maximum absolute atomic E-state index is 13.2. The number of ether oxygens (including phenoxy) is 1.